The second-order valence-corrected chi connectivity index (χ2v) is 3.87. The Hall–Kier alpha value is -0.980. The normalized spacial score (nSPS) is 11.6. The lowest BCUT2D eigenvalue weighted by Crippen LogP contribution is -2.12. The molecule has 0 unspecified atom stereocenters. The van der Waals surface area contributed by atoms with Crippen LogP contribution < -0.4 is 5.32 Å². The Bertz CT molecular complexity index is 354. The van der Waals surface area contributed by atoms with Crippen molar-refractivity contribution in [2.24, 2.45) is 0 Å². The molecule has 0 aliphatic carbocycles. The predicted octanol–water partition coefficient (Wildman–Crippen LogP) is 3.04. The van der Waals surface area contributed by atoms with Crippen LogP contribution >= 0.6 is 11.8 Å². The topological polar surface area (TPSA) is 37.8 Å². The van der Waals surface area contributed by atoms with Gasteiger partial charge in [-0.15, -0.1) is 11.8 Å². The van der Waals surface area contributed by atoms with Gasteiger partial charge in [-0.3, -0.25) is 0 Å². The van der Waals surface area contributed by atoms with Crippen LogP contribution in [-0.2, 0) is 6.18 Å². The van der Waals surface area contributed by atoms with E-state index < -0.39 is 11.9 Å². The van der Waals surface area contributed by atoms with Gasteiger partial charge < -0.3 is 5.32 Å². The van der Waals surface area contributed by atoms with Gasteiger partial charge in [0.05, 0.1) is 0 Å². The zero-order valence-corrected chi connectivity index (χ0v) is 9.74. The average molecular weight is 251 g/mol. The van der Waals surface area contributed by atoms with Crippen molar-refractivity contribution in [3.8, 4) is 0 Å². The number of hydrogen-bond acceptors (Lipinski definition) is 4. The van der Waals surface area contributed by atoms with Crippen molar-refractivity contribution in [2.45, 2.75) is 24.5 Å². The summed E-state index contributed by atoms with van der Waals surface area (Å²) in [5.41, 5.74) is -0.912. The number of nitrogens with one attached hydrogen (secondary N) is 1. The third-order valence-electron chi connectivity index (χ3n) is 1.74. The van der Waals surface area contributed by atoms with Crippen LogP contribution in [0, 0.1) is 0 Å². The van der Waals surface area contributed by atoms with Crippen LogP contribution in [0.25, 0.3) is 0 Å². The predicted molar refractivity (Wildman–Crippen MR) is 57.6 cm³/mol. The van der Waals surface area contributed by atoms with Gasteiger partial charge in [0.1, 0.15) is 5.03 Å². The quantitative estimate of drug-likeness (QED) is 0.659. The molecule has 0 saturated carbocycles. The third-order valence-corrected chi connectivity index (χ3v) is 2.36. The lowest BCUT2D eigenvalue weighted by Gasteiger charge is -2.10. The van der Waals surface area contributed by atoms with E-state index in [0.29, 0.717) is 11.6 Å². The van der Waals surface area contributed by atoms with Crippen molar-refractivity contribution < 1.29 is 13.2 Å². The molecule has 1 N–H and O–H groups in total. The van der Waals surface area contributed by atoms with Crippen molar-refractivity contribution in [2.75, 3.05) is 18.1 Å². The Morgan fingerprint density at radius 3 is 2.56 bits per heavy atom. The summed E-state index contributed by atoms with van der Waals surface area (Å²) in [5.74, 6) is 0.0287. The molecule has 16 heavy (non-hydrogen) atoms. The van der Waals surface area contributed by atoms with E-state index in [2.05, 4.69) is 15.3 Å². The minimum atomic E-state index is -4.43. The van der Waals surface area contributed by atoms with Crippen molar-refractivity contribution in [3.63, 3.8) is 0 Å². The highest BCUT2D eigenvalue weighted by Gasteiger charge is 2.33. The second kappa shape index (κ2) is 5.38. The Morgan fingerprint density at radius 2 is 2.06 bits per heavy atom. The molecule has 1 heterocycles. The first-order valence-electron chi connectivity index (χ1n) is 4.71. The van der Waals surface area contributed by atoms with Gasteiger partial charge in [-0.25, -0.2) is 9.97 Å². The lowest BCUT2D eigenvalue weighted by atomic mass is 10.4. The van der Waals surface area contributed by atoms with Crippen molar-refractivity contribution in [3.05, 3.63) is 11.8 Å². The van der Waals surface area contributed by atoms with E-state index in [1.54, 1.807) is 6.26 Å². The van der Waals surface area contributed by atoms with Gasteiger partial charge in [0.25, 0.3) is 0 Å². The third kappa shape index (κ3) is 3.55. The Labute approximate surface area is 95.9 Å². The molecule has 0 aliphatic heterocycles. The molecule has 0 aromatic carbocycles. The number of rotatable bonds is 4. The maximum Gasteiger partial charge on any atom is 0.433 e. The molecular formula is C9H12F3N3S. The maximum absolute atomic E-state index is 12.5. The molecule has 3 nitrogen and oxygen atoms in total. The zero-order valence-electron chi connectivity index (χ0n) is 8.93. The fourth-order valence-electron chi connectivity index (χ4n) is 0.991. The van der Waals surface area contributed by atoms with Crippen LogP contribution in [0.15, 0.2) is 11.1 Å². The summed E-state index contributed by atoms with van der Waals surface area (Å²) in [6.45, 7) is 2.46. The second-order valence-electron chi connectivity index (χ2n) is 3.04. The summed E-state index contributed by atoms with van der Waals surface area (Å²) in [6, 6.07) is 0.946. The van der Waals surface area contributed by atoms with Crippen LogP contribution in [0.2, 0.25) is 0 Å². The highest BCUT2D eigenvalue weighted by molar-refractivity contribution is 7.98. The first-order valence-corrected chi connectivity index (χ1v) is 5.94. The number of hydrogen-bond donors (Lipinski definition) is 1. The minimum Gasteiger partial charge on any atom is -0.354 e. The van der Waals surface area contributed by atoms with Crippen LogP contribution in [0.5, 0.6) is 0 Å². The molecule has 1 aromatic heterocycles. The fraction of sp³-hybridized carbons (Fsp3) is 0.556. The molecule has 0 amide bonds. The van der Waals surface area contributed by atoms with E-state index in [1.165, 1.54) is 0 Å². The van der Waals surface area contributed by atoms with Gasteiger partial charge >= 0.3 is 6.18 Å². The average Bonchev–Trinajstić information content (AvgIpc) is 2.24. The molecule has 0 spiro atoms. The van der Waals surface area contributed by atoms with Crippen molar-refractivity contribution in [1.82, 2.24) is 9.97 Å². The van der Waals surface area contributed by atoms with E-state index in [1.807, 2.05) is 6.92 Å². The maximum atomic E-state index is 12.5. The molecule has 0 fully saturated rings. The van der Waals surface area contributed by atoms with E-state index in [-0.39, 0.29) is 5.95 Å². The van der Waals surface area contributed by atoms with Gasteiger partial charge in [0, 0.05) is 12.6 Å². The molecule has 0 saturated heterocycles. The molecule has 0 atom stereocenters. The van der Waals surface area contributed by atoms with E-state index in [0.717, 1.165) is 24.2 Å². The Balaban J connectivity index is 3.01. The molecular weight excluding hydrogens is 239 g/mol. The van der Waals surface area contributed by atoms with E-state index in [4.69, 9.17) is 0 Å². The number of halogens is 3. The molecule has 90 valence electrons. The van der Waals surface area contributed by atoms with E-state index in [9.17, 15) is 13.2 Å². The summed E-state index contributed by atoms with van der Waals surface area (Å²) in [5, 5.41) is 3.05. The first-order chi connectivity index (χ1) is 7.47. The molecule has 0 aliphatic rings. The lowest BCUT2D eigenvalue weighted by molar-refractivity contribution is -0.141. The smallest absolute Gasteiger partial charge is 0.354 e. The van der Waals surface area contributed by atoms with Gasteiger partial charge in [0.2, 0.25) is 5.95 Å². The highest BCUT2D eigenvalue weighted by Crippen LogP contribution is 2.30. The molecule has 0 radical (unpaired) electrons. The van der Waals surface area contributed by atoms with Gasteiger partial charge in [-0.1, -0.05) is 6.92 Å². The van der Waals surface area contributed by atoms with E-state index >= 15 is 0 Å². The number of aromatic nitrogens is 2. The van der Waals surface area contributed by atoms with Crippen LogP contribution in [0.3, 0.4) is 0 Å². The molecule has 7 heteroatoms. The minimum absolute atomic E-state index is 0.0287. The summed E-state index contributed by atoms with van der Waals surface area (Å²) in [7, 11) is 0. The van der Waals surface area contributed by atoms with Gasteiger partial charge in [0.15, 0.2) is 5.69 Å². The summed E-state index contributed by atoms with van der Waals surface area (Å²) in [6.07, 6.45) is -1.96. The Morgan fingerprint density at radius 1 is 1.38 bits per heavy atom. The number of alkyl halides is 3. The number of nitrogens with zero attached hydrogens (tertiary/aromatic N) is 2. The summed E-state index contributed by atoms with van der Waals surface area (Å²) >= 11 is 1.16. The number of thioether (sulfide) groups is 1. The highest BCUT2D eigenvalue weighted by atomic mass is 32.2. The standard InChI is InChI=1S/C9H12F3N3S/c1-3-4-13-8-14-6(9(10,11)12)5-7(15-8)16-2/h5H,3-4H2,1-2H3,(H,13,14,15). The van der Waals surface area contributed by atoms with Crippen LogP contribution in [0.4, 0.5) is 19.1 Å². The first kappa shape index (κ1) is 13.1. The summed E-state index contributed by atoms with van der Waals surface area (Å²) in [4.78, 5) is 7.37. The monoisotopic (exact) mass is 251 g/mol. The van der Waals surface area contributed by atoms with Crippen molar-refractivity contribution >= 4 is 17.7 Å². The Kier molecular flexibility index (Phi) is 4.40. The number of anilines is 1. The largest absolute Gasteiger partial charge is 0.433 e. The fourth-order valence-corrected chi connectivity index (χ4v) is 1.40. The molecule has 1 aromatic rings. The zero-order chi connectivity index (χ0) is 12.2. The van der Waals surface area contributed by atoms with Crippen LogP contribution in [0.1, 0.15) is 19.0 Å². The molecule has 0 bridgehead atoms. The van der Waals surface area contributed by atoms with Gasteiger partial charge in [-0.05, 0) is 12.7 Å². The summed E-state index contributed by atoms with van der Waals surface area (Å²) < 4.78 is 37.4. The van der Waals surface area contributed by atoms with Crippen LogP contribution in [-0.4, -0.2) is 22.8 Å². The SMILES string of the molecule is CCCNc1nc(SC)cc(C(F)(F)F)n1. The van der Waals surface area contributed by atoms with Gasteiger partial charge in [-0.2, -0.15) is 13.2 Å². The molecule has 1 rings (SSSR count). The van der Waals surface area contributed by atoms with Crippen molar-refractivity contribution in [1.29, 1.82) is 0 Å².